The van der Waals surface area contributed by atoms with Gasteiger partial charge in [-0.05, 0) is 155 Å². The van der Waals surface area contributed by atoms with Crippen LogP contribution in [-0.2, 0) is 5.41 Å². The Balaban J connectivity index is 1.15. The molecule has 14 rings (SSSR count). The van der Waals surface area contributed by atoms with Crippen LogP contribution in [0.3, 0.4) is 0 Å². The fourth-order valence-corrected chi connectivity index (χ4v) is 11.7. The van der Waals surface area contributed by atoms with Crippen molar-refractivity contribution in [1.82, 2.24) is 0 Å². The molecule has 59 heavy (non-hydrogen) atoms. The van der Waals surface area contributed by atoms with Crippen LogP contribution in [0.5, 0.6) is 0 Å². The normalized spacial score (nSPS) is 13.6. The Morgan fingerprint density at radius 3 is 1.42 bits per heavy atom. The maximum absolute atomic E-state index is 2.51. The minimum atomic E-state index is -0.471. The second kappa shape index (κ2) is 11.3. The summed E-state index contributed by atoms with van der Waals surface area (Å²) in [6.45, 7) is 0. The van der Waals surface area contributed by atoms with E-state index in [-0.39, 0.29) is 0 Å². The van der Waals surface area contributed by atoms with Crippen LogP contribution in [-0.4, -0.2) is 0 Å². The average molecular weight is 743 g/mol. The molecule has 0 amide bonds. The summed E-state index contributed by atoms with van der Waals surface area (Å²) >= 11 is 0. The molecule has 0 aromatic heterocycles. The molecule has 270 valence electrons. The Bertz CT molecular complexity index is 3800. The largest absolute Gasteiger partial charge is 0.0731 e. The fraction of sp³-hybridized carbons (Fsp3) is 0.0169. The van der Waals surface area contributed by atoms with Gasteiger partial charge in [0, 0.05) is 0 Å². The predicted molar refractivity (Wildman–Crippen MR) is 251 cm³/mol. The minimum Gasteiger partial charge on any atom is -0.0619 e. The van der Waals surface area contributed by atoms with Gasteiger partial charge in [0.2, 0.25) is 0 Å². The van der Waals surface area contributed by atoms with E-state index in [2.05, 4.69) is 206 Å². The summed E-state index contributed by atoms with van der Waals surface area (Å²) in [5.41, 5.74) is 12.9. The lowest BCUT2D eigenvalue weighted by atomic mass is 9.69. The fourth-order valence-electron chi connectivity index (χ4n) is 11.7. The van der Waals surface area contributed by atoms with Gasteiger partial charge >= 0.3 is 0 Å². The van der Waals surface area contributed by atoms with Gasteiger partial charge in [-0.3, -0.25) is 0 Å². The molecule has 12 aromatic carbocycles. The lowest BCUT2D eigenvalue weighted by Gasteiger charge is -2.32. The highest BCUT2D eigenvalue weighted by atomic mass is 14.5. The number of fused-ring (bicyclic) bond motifs is 24. The van der Waals surface area contributed by atoms with Gasteiger partial charge in [-0.25, -0.2) is 0 Å². The summed E-state index contributed by atoms with van der Waals surface area (Å²) in [5, 5.41) is 18.2. The zero-order valence-electron chi connectivity index (χ0n) is 32.1. The standard InChI is InChI=1S/C59H34/c1-2-16-36-33-55-52(31-35(36)15-1)57-47-26-10-7-21-42(47)50-32-37(29-30-48(50)58(57)59(55)53-27-13-11-22-43(53)44-23-12-14-28-54(44)59)49-34-51-40-19-4-3-17-38(40)39-18-5-8-24-45(39)56(51)46-25-9-6-20-41(46)49/h1-34H. The second-order valence-electron chi connectivity index (χ2n) is 16.6. The lowest BCUT2D eigenvalue weighted by molar-refractivity contribution is 0.803. The van der Waals surface area contributed by atoms with Gasteiger partial charge in [-0.15, -0.1) is 0 Å². The molecule has 0 aliphatic heterocycles. The lowest BCUT2D eigenvalue weighted by Crippen LogP contribution is -2.26. The van der Waals surface area contributed by atoms with Crippen molar-refractivity contribution in [1.29, 1.82) is 0 Å². The number of rotatable bonds is 1. The third kappa shape index (κ3) is 3.89. The molecule has 1 spiro atoms. The molecule has 0 saturated heterocycles. The summed E-state index contributed by atoms with van der Waals surface area (Å²) < 4.78 is 0. The van der Waals surface area contributed by atoms with Crippen molar-refractivity contribution in [3.05, 3.63) is 229 Å². The summed E-state index contributed by atoms with van der Waals surface area (Å²) in [5.74, 6) is 0. The Morgan fingerprint density at radius 1 is 0.254 bits per heavy atom. The maximum atomic E-state index is 2.51. The van der Waals surface area contributed by atoms with Crippen LogP contribution in [0.15, 0.2) is 206 Å². The molecule has 12 aromatic rings. The molecule has 0 heteroatoms. The van der Waals surface area contributed by atoms with E-state index in [1.165, 1.54) is 131 Å². The van der Waals surface area contributed by atoms with E-state index in [1.807, 2.05) is 0 Å². The van der Waals surface area contributed by atoms with Gasteiger partial charge in [0.25, 0.3) is 0 Å². The van der Waals surface area contributed by atoms with Crippen molar-refractivity contribution in [2.24, 2.45) is 0 Å². The van der Waals surface area contributed by atoms with E-state index in [1.54, 1.807) is 0 Å². The Morgan fingerprint density at radius 2 is 0.746 bits per heavy atom. The highest BCUT2D eigenvalue weighted by molar-refractivity contribution is 6.33. The van der Waals surface area contributed by atoms with Crippen molar-refractivity contribution in [3.8, 4) is 33.4 Å². The van der Waals surface area contributed by atoms with E-state index in [9.17, 15) is 0 Å². The van der Waals surface area contributed by atoms with Crippen LogP contribution in [0, 0.1) is 0 Å². The van der Waals surface area contributed by atoms with Gasteiger partial charge in [-0.1, -0.05) is 182 Å². The minimum absolute atomic E-state index is 0.471. The predicted octanol–water partition coefficient (Wildman–Crippen LogP) is 15.8. The first-order valence-electron chi connectivity index (χ1n) is 20.8. The van der Waals surface area contributed by atoms with Crippen molar-refractivity contribution < 1.29 is 0 Å². The van der Waals surface area contributed by atoms with E-state index in [0.29, 0.717) is 0 Å². The Kier molecular flexibility index (Phi) is 6.05. The van der Waals surface area contributed by atoms with E-state index < -0.39 is 5.41 Å². The molecule has 0 radical (unpaired) electrons. The van der Waals surface area contributed by atoms with E-state index in [0.717, 1.165) is 0 Å². The molecule has 0 heterocycles. The smallest absolute Gasteiger partial charge is 0.0619 e. The van der Waals surface area contributed by atoms with Crippen molar-refractivity contribution >= 4 is 75.4 Å². The summed E-state index contributed by atoms with van der Waals surface area (Å²) in [6.07, 6.45) is 0. The summed E-state index contributed by atoms with van der Waals surface area (Å²) in [7, 11) is 0. The molecule has 0 fully saturated rings. The highest BCUT2D eigenvalue weighted by Gasteiger charge is 2.53. The topological polar surface area (TPSA) is 0 Å². The molecular weight excluding hydrogens is 709 g/mol. The van der Waals surface area contributed by atoms with Gasteiger partial charge in [0.1, 0.15) is 0 Å². The first-order chi connectivity index (χ1) is 29.3. The van der Waals surface area contributed by atoms with Crippen LogP contribution in [0.1, 0.15) is 22.3 Å². The van der Waals surface area contributed by atoms with Crippen molar-refractivity contribution in [2.75, 3.05) is 0 Å². The van der Waals surface area contributed by atoms with Gasteiger partial charge in [0.15, 0.2) is 0 Å². The zero-order chi connectivity index (χ0) is 38.4. The molecular formula is C59H34. The van der Waals surface area contributed by atoms with Gasteiger partial charge < -0.3 is 0 Å². The monoisotopic (exact) mass is 742 g/mol. The molecule has 0 N–H and O–H groups in total. The molecule has 2 aliphatic rings. The third-order valence-electron chi connectivity index (χ3n) is 14.0. The Labute approximate surface area is 341 Å². The molecule has 0 atom stereocenters. The van der Waals surface area contributed by atoms with Gasteiger partial charge in [0.05, 0.1) is 5.41 Å². The molecule has 0 saturated carbocycles. The maximum Gasteiger partial charge on any atom is 0.0731 e. The van der Waals surface area contributed by atoms with Gasteiger partial charge in [-0.2, -0.15) is 0 Å². The van der Waals surface area contributed by atoms with Crippen molar-refractivity contribution in [3.63, 3.8) is 0 Å². The average Bonchev–Trinajstić information content (AvgIpc) is 3.77. The first-order valence-corrected chi connectivity index (χ1v) is 20.8. The third-order valence-corrected chi connectivity index (χ3v) is 14.0. The number of hydrogen-bond donors (Lipinski definition) is 0. The van der Waals surface area contributed by atoms with Crippen LogP contribution in [0.4, 0.5) is 0 Å². The Hall–Kier alpha value is -7.54. The van der Waals surface area contributed by atoms with Crippen molar-refractivity contribution in [2.45, 2.75) is 5.41 Å². The molecule has 0 unspecified atom stereocenters. The van der Waals surface area contributed by atoms with Crippen LogP contribution in [0.25, 0.3) is 109 Å². The van der Waals surface area contributed by atoms with Crippen LogP contribution >= 0.6 is 0 Å². The molecule has 2 aliphatic carbocycles. The number of benzene rings is 12. The van der Waals surface area contributed by atoms with Crippen LogP contribution in [0.2, 0.25) is 0 Å². The SMILES string of the molecule is c1ccc2c(c1)-c1ccccc1C21c2cc3ccccc3cc2-c2c1c1ccc(-c3cc4c5ccccc5c5ccccc5c4c4ccccc34)cc1c1ccccc21. The van der Waals surface area contributed by atoms with E-state index >= 15 is 0 Å². The summed E-state index contributed by atoms with van der Waals surface area (Å²) in [4.78, 5) is 0. The summed E-state index contributed by atoms with van der Waals surface area (Å²) in [6, 6.07) is 78.2. The highest BCUT2D eigenvalue weighted by Crippen LogP contribution is 2.66. The molecule has 0 nitrogen and oxygen atoms in total. The zero-order valence-corrected chi connectivity index (χ0v) is 32.1. The molecule has 0 bridgehead atoms. The number of hydrogen-bond acceptors (Lipinski definition) is 0. The second-order valence-corrected chi connectivity index (χ2v) is 16.6. The quantitative estimate of drug-likeness (QED) is 0.147. The van der Waals surface area contributed by atoms with Crippen LogP contribution < -0.4 is 0 Å². The first kappa shape index (κ1) is 31.5. The van der Waals surface area contributed by atoms with E-state index in [4.69, 9.17) is 0 Å².